The summed E-state index contributed by atoms with van der Waals surface area (Å²) in [6.07, 6.45) is 3.98. The summed E-state index contributed by atoms with van der Waals surface area (Å²) in [5.74, 6) is 0.373. The number of benzene rings is 2. The highest BCUT2D eigenvalue weighted by Crippen LogP contribution is 2.20. The van der Waals surface area contributed by atoms with Crippen LogP contribution in [0.15, 0.2) is 77.8 Å². The summed E-state index contributed by atoms with van der Waals surface area (Å²) in [5, 5.41) is 9.80. The predicted octanol–water partition coefficient (Wildman–Crippen LogP) is 3.49. The van der Waals surface area contributed by atoms with Gasteiger partial charge in [-0.25, -0.2) is 27.6 Å². The Hall–Kier alpha value is -3.47. The molecule has 2 aromatic carbocycles. The van der Waals surface area contributed by atoms with E-state index in [1.54, 1.807) is 6.20 Å². The van der Waals surface area contributed by atoms with Crippen molar-refractivity contribution in [2.75, 3.05) is 13.1 Å². The Balaban J connectivity index is 1.64. The average molecular weight is 509 g/mol. The largest absolute Gasteiger partial charge is 0.296 e. The molecule has 0 spiro atoms. The van der Waals surface area contributed by atoms with Gasteiger partial charge < -0.3 is 0 Å². The Kier molecular flexibility index (Phi) is 8.19. The van der Waals surface area contributed by atoms with Crippen molar-refractivity contribution in [2.45, 2.75) is 37.6 Å². The molecular weight excluding hydrogens is 479 g/mol. The van der Waals surface area contributed by atoms with Gasteiger partial charge in [0.05, 0.1) is 11.4 Å². The minimum absolute atomic E-state index is 0.114. The number of halogens is 1. The molecule has 0 radical (unpaired) electrons. The van der Waals surface area contributed by atoms with E-state index in [1.165, 1.54) is 16.8 Å². The predicted molar refractivity (Wildman–Crippen MR) is 135 cm³/mol. The number of primary sulfonamides is 1. The zero-order valence-electron chi connectivity index (χ0n) is 20.1. The van der Waals surface area contributed by atoms with Crippen LogP contribution in [-0.2, 0) is 29.4 Å². The van der Waals surface area contributed by atoms with Crippen molar-refractivity contribution in [1.29, 1.82) is 0 Å². The van der Waals surface area contributed by atoms with Crippen LogP contribution in [0.5, 0.6) is 0 Å². The zero-order chi connectivity index (χ0) is 25.5. The van der Waals surface area contributed by atoms with E-state index >= 15 is 4.39 Å². The summed E-state index contributed by atoms with van der Waals surface area (Å²) >= 11 is 0. The standard InChI is InChI=1S/C26H29FN6O2S/c1-2-15-32(16-13-21-10-6-7-14-29-21)19-25-30-26(17-20-8-4-3-5-9-20)33(31-25)24-12-11-22(18-23(24)27)36(28,34)35/h3-12,14,18H,2,13,15-17,19H2,1H3,(H2,28,34,35). The molecule has 0 unspecified atom stereocenters. The Bertz CT molecular complexity index is 1390. The first-order valence-corrected chi connectivity index (χ1v) is 13.3. The summed E-state index contributed by atoms with van der Waals surface area (Å²) in [6, 6.07) is 19.1. The zero-order valence-corrected chi connectivity index (χ0v) is 20.9. The van der Waals surface area contributed by atoms with Crippen LogP contribution in [-0.4, -0.2) is 46.2 Å². The Labute approximate surface area is 210 Å². The van der Waals surface area contributed by atoms with Gasteiger partial charge in [-0.05, 0) is 48.9 Å². The van der Waals surface area contributed by atoms with Gasteiger partial charge >= 0.3 is 0 Å². The molecule has 0 saturated heterocycles. The molecule has 4 rings (SSSR count). The van der Waals surface area contributed by atoms with Gasteiger partial charge in [0.15, 0.2) is 5.82 Å². The normalized spacial score (nSPS) is 11.8. The van der Waals surface area contributed by atoms with Gasteiger partial charge in [0.25, 0.3) is 0 Å². The van der Waals surface area contributed by atoms with Crippen LogP contribution < -0.4 is 5.14 Å². The first-order chi connectivity index (χ1) is 17.3. The minimum atomic E-state index is -4.03. The second-order valence-electron chi connectivity index (χ2n) is 8.52. The van der Waals surface area contributed by atoms with Crippen molar-refractivity contribution in [3.05, 3.63) is 102 Å². The van der Waals surface area contributed by atoms with Gasteiger partial charge in [0.2, 0.25) is 10.0 Å². The highest BCUT2D eigenvalue weighted by Gasteiger charge is 2.19. The molecule has 0 aliphatic carbocycles. The Morgan fingerprint density at radius 3 is 2.47 bits per heavy atom. The second kappa shape index (κ2) is 11.5. The number of nitrogens with two attached hydrogens (primary N) is 1. The summed E-state index contributed by atoms with van der Waals surface area (Å²) < 4.78 is 39.8. The third kappa shape index (κ3) is 6.60. The van der Waals surface area contributed by atoms with E-state index in [-0.39, 0.29) is 10.6 Å². The average Bonchev–Trinajstić information content (AvgIpc) is 3.25. The van der Waals surface area contributed by atoms with Crippen molar-refractivity contribution in [3.63, 3.8) is 0 Å². The number of aromatic nitrogens is 4. The molecule has 0 atom stereocenters. The summed E-state index contributed by atoms with van der Waals surface area (Å²) in [5.41, 5.74) is 2.13. The van der Waals surface area contributed by atoms with Crippen LogP contribution in [0.2, 0.25) is 0 Å². The summed E-state index contributed by atoms with van der Waals surface area (Å²) in [7, 11) is -4.03. The topological polar surface area (TPSA) is 107 Å². The van der Waals surface area contributed by atoms with E-state index in [4.69, 9.17) is 10.1 Å². The first kappa shape index (κ1) is 25.6. The van der Waals surface area contributed by atoms with Gasteiger partial charge in [-0.2, -0.15) is 0 Å². The van der Waals surface area contributed by atoms with Crippen LogP contribution in [0.25, 0.3) is 5.69 Å². The second-order valence-corrected chi connectivity index (χ2v) is 10.1. The molecule has 36 heavy (non-hydrogen) atoms. The number of hydrogen-bond acceptors (Lipinski definition) is 6. The Morgan fingerprint density at radius 1 is 1.03 bits per heavy atom. The van der Waals surface area contributed by atoms with Gasteiger partial charge in [0, 0.05) is 31.3 Å². The lowest BCUT2D eigenvalue weighted by atomic mass is 10.1. The van der Waals surface area contributed by atoms with Crippen molar-refractivity contribution in [2.24, 2.45) is 5.14 Å². The molecule has 2 N–H and O–H groups in total. The number of rotatable bonds is 11. The molecule has 4 aromatic rings. The number of nitrogens with zero attached hydrogens (tertiary/aromatic N) is 5. The van der Waals surface area contributed by atoms with Crippen molar-refractivity contribution < 1.29 is 12.8 Å². The molecule has 0 amide bonds. The van der Waals surface area contributed by atoms with Crippen LogP contribution in [0.4, 0.5) is 4.39 Å². The fourth-order valence-electron chi connectivity index (χ4n) is 3.99. The van der Waals surface area contributed by atoms with Crippen molar-refractivity contribution >= 4 is 10.0 Å². The Morgan fingerprint density at radius 2 is 1.81 bits per heavy atom. The van der Waals surface area contributed by atoms with Gasteiger partial charge in [-0.3, -0.25) is 9.88 Å². The SMILES string of the molecule is CCCN(CCc1ccccn1)Cc1nc(Cc2ccccc2)n(-c2ccc(S(N)(=O)=O)cc2F)n1. The third-order valence-electron chi connectivity index (χ3n) is 5.71. The molecule has 0 aliphatic heterocycles. The molecule has 0 bridgehead atoms. The molecule has 188 valence electrons. The van der Waals surface area contributed by atoms with E-state index in [2.05, 4.69) is 21.9 Å². The van der Waals surface area contributed by atoms with Crippen molar-refractivity contribution in [3.8, 4) is 5.69 Å². The smallest absolute Gasteiger partial charge is 0.238 e. The molecule has 8 nitrogen and oxygen atoms in total. The lowest BCUT2D eigenvalue weighted by Gasteiger charge is -2.19. The maximum absolute atomic E-state index is 15.1. The molecule has 10 heteroatoms. The lowest BCUT2D eigenvalue weighted by molar-refractivity contribution is 0.262. The number of hydrogen-bond donors (Lipinski definition) is 1. The minimum Gasteiger partial charge on any atom is -0.296 e. The van der Waals surface area contributed by atoms with E-state index in [1.807, 2.05) is 48.5 Å². The highest BCUT2D eigenvalue weighted by molar-refractivity contribution is 7.89. The first-order valence-electron chi connectivity index (χ1n) is 11.8. The lowest BCUT2D eigenvalue weighted by Crippen LogP contribution is -2.27. The monoisotopic (exact) mass is 508 g/mol. The molecule has 2 aromatic heterocycles. The van der Waals surface area contributed by atoms with E-state index in [9.17, 15) is 8.42 Å². The van der Waals surface area contributed by atoms with E-state index in [0.29, 0.717) is 24.6 Å². The maximum atomic E-state index is 15.1. The van der Waals surface area contributed by atoms with Gasteiger partial charge in [-0.1, -0.05) is 43.3 Å². The van der Waals surface area contributed by atoms with Crippen LogP contribution in [0, 0.1) is 5.82 Å². The van der Waals surface area contributed by atoms with Crippen LogP contribution >= 0.6 is 0 Å². The molecule has 0 fully saturated rings. The number of pyridine rings is 1. The van der Waals surface area contributed by atoms with Crippen LogP contribution in [0.1, 0.15) is 36.3 Å². The van der Waals surface area contributed by atoms with Crippen molar-refractivity contribution in [1.82, 2.24) is 24.6 Å². The molecule has 0 saturated carbocycles. The van der Waals surface area contributed by atoms with E-state index < -0.39 is 15.8 Å². The quantitative estimate of drug-likeness (QED) is 0.332. The van der Waals surface area contributed by atoms with Crippen LogP contribution in [0.3, 0.4) is 0 Å². The summed E-state index contributed by atoms with van der Waals surface area (Å²) in [6.45, 7) is 4.24. The number of sulfonamides is 1. The maximum Gasteiger partial charge on any atom is 0.238 e. The highest BCUT2D eigenvalue weighted by atomic mass is 32.2. The molecule has 0 aliphatic rings. The fraction of sp³-hybridized carbons (Fsp3) is 0.269. The summed E-state index contributed by atoms with van der Waals surface area (Å²) in [4.78, 5) is 11.1. The van der Waals surface area contributed by atoms with Gasteiger partial charge in [0.1, 0.15) is 17.3 Å². The molecular formula is C26H29FN6O2S. The molecule has 2 heterocycles. The third-order valence-corrected chi connectivity index (χ3v) is 6.63. The van der Waals surface area contributed by atoms with E-state index in [0.717, 1.165) is 43.3 Å². The fourth-order valence-corrected chi connectivity index (χ4v) is 4.51. The van der Waals surface area contributed by atoms with Gasteiger partial charge in [-0.15, -0.1) is 5.10 Å².